The molecule has 2 saturated heterocycles. The Hall–Kier alpha value is -4.16. The summed E-state index contributed by atoms with van der Waals surface area (Å²) in [5, 5.41) is 5.53. The van der Waals surface area contributed by atoms with E-state index >= 15 is 0 Å². The van der Waals surface area contributed by atoms with Crippen molar-refractivity contribution in [1.29, 1.82) is 0 Å². The number of alkyl halides is 3. The number of benzene rings is 2. The predicted molar refractivity (Wildman–Crippen MR) is 149 cm³/mol. The number of aryl methyl sites for hydroxylation is 1. The number of hydrogen-bond donors (Lipinski definition) is 2. The lowest BCUT2D eigenvalue weighted by molar-refractivity contribution is -0.137. The molecule has 0 atom stereocenters. The Balaban J connectivity index is 1.33. The third kappa shape index (κ3) is 6.95. The lowest BCUT2D eigenvalue weighted by atomic mass is 10.1. The van der Waals surface area contributed by atoms with Crippen LogP contribution in [-0.2, 0) is 15.7 Å². The number of aromatic nitrogens is 1. The highest BCUT2D eigenvalue weighted by Crippen LogP contribution is 2.34. The molecule has 41 heavy (non-hydrogen) atoms. The van der Waals surface area contributed by atoms with Crippen LogP contribution in [0.2, 0.25) is 0 Å². The molecule has 2 aliphatic heterocycles. The molecule has 1 aromatic heterocycles. The molecule has 2 aromatic carbocycles. The normalized spacial score (nSPS) is 15.9. The van der Waals surface area contributed by atoms with Crippen molar-refractivity contribution >= 4 is 34.7 Å². The van der Waals surface area contributed by atoms with Crippen LogP contribution in [-0.4, -0.2) is 69.4 Å². The number of morpholine rings is 2. The van der Waals surface area contributed by atoms with Gasteiger partial charge in [-0.05, 0) is 55.0 Å². The number of pyridine rings is 1. The first kappa shape index (κ1) is 28.4. The Morgan fingerprint density at radius 1 is 0.805 bits per heavy atom. The van der Waals surface area contributed by atoms with E-state index in [1.54, 1.807) is 48.4 Å². The molecular formula is C29H30F3N5O4. The van der Waals surface area contributed by atoms with Crippen molar-refractivity contribution in [3.8, 4) is 0 Å². The molecule has 3 aromatic rings. The Morgan fingerprint density at radius 3 is 2.15 bits per heavy atom. The van der Waals surface area contributed by atoms with Crippen LogP contribution in [0.4, 0.5) is 36.1 Å². The number of carbonyl (C=O) groups is 2. The molecule has 2 N–H and O–H groups in total. The van der Waals surface area contributed by atoms with Crippen molar-refractivity contribution in [2.75, 3.05) is 73.0 Å². The topological polar surface area (TPSA) is 96.0 Å². The first-order chi connectivity index (χ1) is 19.7. The fourth-order valence-electron chi connectivity index (χ4n) is 4.67. The van der Waals surface area contributed by atoms with Gasteiger partial charge >= 0.3 is 6.18 Å². The summed E-state index contributed by atoms with van der Waals surface area (Å²) in [6, 6.07) is 11.6. The average Bonchev–Trinajstić information content (AvgIpc) is 2.99. The standard InChI is InChI=1S/C29H30F3N5O4/c1-19-2-3-23(34-27(38)20-4-5-33-26(16-20)37-8-12-41-13-9-37)18-25(19)35-28(39)21-14-22(29(30,31)32)17-24(15-21)36-6-10-40-11-7-36/h2-5,14-18H,6-13H2,1H3,(H,34,38)(H,35,39). The Labute approximate surface area is 235 Å². The summed E-state index contributed by atoms with van der Waals surface area (Å²) >= 11 is 0. The smallest absolute Gasteiger partial charge is 0.378 e. The molecule has 2 aliphatic rings. The summed E-state index contributed by atoms with van der Waals surface area (Å²) in [5.74, 6) is -0.382. The molecular weight excluding hydrogens is 539 g/mol. The molecule has 2 fully saturated rings. The third-order valence-corrected chi connectivity index (χ3v) is 6.97. The highest BCUT2D eigenvalue weighted by molar-refractivity contribution is 6.07. The van der Waals surface area contributed by atoms with Crippen LogP contribution in [0.1, 0.15) is 31.8 Å². The number of ether oxygens (including phenoxy) is 2. The summed E-state index contributed by atoms with van der Waals surface area (Å²) < 4.78 is 51.7. The van der Waals surface area contributed by atoms with Crippen LogP contribution in [0, 0.1) is 6.92 Å². The van der Waals surface area contributed by atoms with Crippen molar-refractivity contribution < 1.29 is 32.2 Å². The van der Waals surface area contributed by atoms with E-state index < -0.39 is 17.6 Å². The second kappa shape index (κ2) is 12.1. The maximum absolute atomic E-state index is 13.7. The van der Waals surface area contributed by atoms with Gasteiger partial charge in [-0.25, -0.2) is 4.98 Å². The van der Waals surface area contributed by atoms with E-state index in [1.165, 1.54) is 6.07 Å². The third-order valence-electron chi connectivity index (χ3n) is 6.97. The number of rotatable bonds is 6. The van der Waals surface area contributed by atoms with E-state index in [-0.39, 0.29) is 11.5 Å². The van der Waals surface area contributed by atoms with Gasteiger partial charge in [-0.3, -0.25) is 9.59 Å². The van der Waals surface area contributed by atoms with Crippen LogP contribution in [0.5, 0.6) is 0 Å². The van der Waals surface area contributed by atoms with E-state index in [0.29, 0.717) is 86.6 Å². The van der Waals surface area contributed by atoms with E-state index in [2.05, 4.69) is 15.6 Å². The minimum atomic E-state index is -4.62. The maximum atomic E-state index is 13.7. The van der Waals surface area contributed by atoms with Crippen LogP contribution >= 0.6 is 0 Å². The van der Waals surface area contributed by atoms with E-state index in [0.717, 1.165) is 12.1 Å². The fourth-order valence-corrected chi connectivity index (χ4v) is 4.67. The number of nitrogens with zero attached hydrogens (tertiary/aromatic N) is 3. The highest BCUT2D eigenvalue weighted by atomic mass is 19.4. The number of amides is 2. The van der Waals surface area contributed by atoms with Gasteiger partial charge in [0.1, 0.15) is 5.82 Å². The van der Waals surface area contributed by atoms with E-state index in [4.69, 9.17) is 9.47 Å². The van der Waals surface area contributed by atoms with Gasteiger partial charge in [0.25, 0.3) is 11.8 Å². The summed E-state index contributed by atoms with van der Waals surface area (Å²) in [7, 11) is 0. The van der Waals surface area contributed by atoms with Gasteiger partial charge in [0, 0.05) is 60.6 Å². The minimum absolute atomic E-state index is 0.123. The first-order valence-electron chi connectivity index (χ1n) is 13.2. The molecule has 0 spiro atoms. The summed E-state index contributed by atoms with van der Waals surface area (Å²) in [6.45, 7) is 5.92. The predicted octanol–water partition coefficient (Wildman–Crippen LogP) is 4.59. The Bertz CT molecular complexity index is 1420. The number of carbonyl (C=O) groups excluding carboxylic acids is 2. The van der Waals surface area contributed by atoms with Gasteiger partial charge in [-0.2, -0.15) is 13.2 Å². The van der Waals surface area contributed by atoms with Gasteiger partial charge in [0.15, 0.2) is 0 Å². The first-order valence-corrected chi connectivity index (χ1v) is 13.2. The summed E-state index contributed by atoms with van der Waals surface area (Å²) in [4.78, 5) is 34.4. The van der Waals surface area contributed by atoms with Crippen molar-refractivity contribution in [2.45, 2.75) is 13.1 Å². The molecule has 0 radical (unpaired) electrons. The second-order valence-corrected chi connectivity index (χ2v) is 9.81. The Kier molecular flexibility index (Phi) is 8.41. The van der Waals surface area contributed by atoms with Gasteiger partial charge in [0.05, 0.1) is 32.0 Å². The van der Waals surface area contributed by atoms with E-state index in [9.17, 15) is 22.8 Å². The second-order valence-electron chi connectivity index (χ2n) is 9.81. The average molecular weight is 570 g/mol. The number of halogens is 3. The van der Waals surface area contributed by atoms with Gasteiger partial charge in [-0.15, -0.1) is 0 Å². The molecule has 2 amide bonds. The van der Waals surface area contributed by atoms with Crippen molar-refractivity contribution in [2.24, 2.45) is 0 Å². The monoisotopic (exact) mass is 569 g/mol. The zero-order valence-corrected chi connectivity index (χ0v) is 22.5. The maximum Gasteiger partial charge on any atom is 0.416 e. The highest BCUT2D eigenvalue weighted by Gasteiger charge is 2.32. The van der Waals surface area contributed by atoms with Gasteiger partial charge < -0.3 is 29.9 Å². The summed E-state index contributed by atoms with van der Waals surface area (Å²) in [5.41, 5.74) is 1.14. The van der Waals surface area contributed by atoms with Crippen LogP contribution in [0.3, 0.4) is 0 Å². The number of nitrogens with one attached hydrogen (secondary N) is 2. The minimum Gasteiger partial charge on any atom is -0.378 e. The number of anilines is 4. The van der Waals surface area contributed by atoms with Crippen molar-refractivity contribution in [3.05, 3.63) is 77.0 Å². The van der Waals surface area contributed by atoms with Crippen LogP contribution in [0.15, 0.2) is 54.7 Å². The molecule has 12 heteroatoms. The van der Waals surface area contributed by atoms with Gasteiger partial charge in [0.2, 0.25) is 0 Å². The molecule has 5 rings (SSSR count). The summed E-state index contributed by atoms with van der Waals surface area (Å²) in [6.07, 6.45) is -3.05. The largest absolute Gasteiger partial charge is 0.416 e. The van der Waals surface area contributed by atoms with E-state index in [1.807, 2.05) is 4.90 Å². The lowest BCUT2D eigenvalue weighted by Gasteiger charge is -2.29. The van der Waals surface area contributed by atoms with Crippen LogP contribution < -0.4 is 20.4 Å². The van der Waals surface area contributed by atoms with Crippen molar-refractivity contribution in [3.63, 3.8) is 0 Å². The van der Waals surface area contributed by atoms with Gasteiger partial charge in [-0.1, -0.05) is 6.07 Å². The zero-order valence-electron chi connectivity index (χ0n) is 22.5. The molecule has 0 unspecified atom stereocenters. The molecule has 216 valence electrons. The van der Waals surface area contributed by atoms with Crippen LogP contribution in [0.25, 0.3) is 0 Å². The number of hydrogen-bond acceptors (Lipinski definition) is 7. The lowest BCUT2D eigenvalue weighted by Crippen LogP contribution is -2.36. The molecule has 0 saturated carbocycles. The SMILES string of the molecule is Cc1ccc(NC(=O)c2ccnc(N3CCOCC3)c2)cc1NC(=O)c1cc(N2CCOCC2)cc(C(F)(F)F)c1. The molecule has 0 bridgehead atoms. The van der Waals surface area contributed by atoms with Crippen molar-refractivity contribution in [1.82, 2.24) is 4.98 Å². The molecule has 0 aliphatic carbocycles. The molecule has 3 heterocycles. The molecule has 9 nitrogen and oxygen atoms in total. The zero-order chi connectivity index (χ0) is 29.0. The quantitative estimate of drug-likeness (QED) is 0.449. The Morgan fingerprint density at radius 2 is 1.46 bits per heavy atom. The fraction of sp³-hybridized carbons (Fsp3) is 0.345.